The van der Waals surface area contributed by atoms with Crippen LogP contribution >= 0.6 is 11.6 Å². The molecule has 3 rings (SSSR count). The minimum Gasteiger partial charge on any atom is -0.391 e. The summed E-state index contributed by atoms with van der Waals surface area (Å²) in [6.07, 6.45) is 0.423. The molecule has 1 saturated heterocycles. The Balaban J connectivity index is 2.00. The van der Waals surface area contributed by atoms with Gasteiger partial charge >= 0.3 is 0 Å². The van der Waals surface area contributed by atoms with Crippen molar-refractivity contribution in [3.8, 4) is 11.3 Å². The summed E-state index contributed by atoms with van der Waals surface area (Å²) < 4.78 is 13.8. The number of aliphatic hydroxyl groups is 1. The molecule has 1 fully saturated rings. The van der Waals surface area contributed by atoms with E-state index in [9.17, 15) is 14.3 Å². The quantitative estimate of drug-likeness (QED) is 0.862. The highest BCUT2D eigenvalue weighted by molar-refractivity contribution is 6.28. The average molecular weight is 308 g/mol. The lowest BCUT2D eigenvalue weighted by Crippen LogP contribution is -2.25. The summed E-state index contributed by atoms with van der Waals surface area (Å²) in [4.78, 5) is 20.7. The number of benzene rings is 1. The van der Waals surface area contributed by atoms with Gasteiger partial charge in [0.15, 0.2) is 5.82 Å². The molecule has 1 N–H and O–H groups in total. The van der Waals surface area contributed by atoms with E-state index >= 15 is 0 Å². The molecule has 0 radical (unpaired) electrons. The molecule has 1 aliphatic rings. The van der Waals surface area contributed by atoms with Crippen molar-refractivity contribution in [2.45, 2.75) is 12.5 Å². The summed E-state index contributed by atoms with van der Waals surface area (Å²) in [6, 6.07) is 6.72. The van der Waals surface area contributed by atoms with Gasteiger partial charge in [-0.2, -0.15) is 0 Å². The number of amides is 1. The molecule has 2 heterocycles. The number of carbonyl (C=O) groups excluding carboxylic acids is 1. The third-order valence-corrected chi connectivity index (χ3v) is 3.43. The van der Waals surface area contributed by atoms with Gasteiger partial charge in [-0.3, -0.25) is 4.79 Å². The number of aromatic nitrogens is 2. The van der Waals surface area contributed by atoms with Crippen LogP contribution in [0.25, 0.3) is 11.3 Å². The molecule has 108 valence electrons. The molecular weight excluding hydrogens is 297 g/mol. The van der Waals surface area contributed by atoms with E-state index in [2.05, 4.69) is 9.97 Å². The summed E-state index contributed by atoms with van der Waals surface area (Å²) >= 11 is 5.69. The van der Waals surface area contributed by atoms with Gasteiger partial charge in [-0.1, -0.05) is 12.1 Å². The van der Waals surface area contributed by atoms with Gasteiger partial charge in [0, 0.05) is 11.3 Å². The summed E-state index contributed by atoms with van der Waals surface area (Å²) in [7, 11) is 0. The van der Waals surface area contributed by atoms with Gasteiger partial charge in [-0.15, -0.1) is 0 Å². The average Bonchev–Trinajstić information content (AvgIpc) is 2.80. The molecule has 2 aromatic rings. The number of hydrogen-bond acceptors (Lipinski definition) is 4. The highest BCUT2D eigenvalue weighted by atomic mass is 35.5. The van der Waals surface area contributed by atoms with Crippen molar-refractivity contribution in [2.75, 3.05) is 11.4 Å². The first-order valence-corrected chi connectivity index (χ1v) is 6.69. The molecule has 1 aliphatic heterocycles. The van der Waals surface area contributed by atoms with Gasteiger partial charge in [0.1, 0.15) is 5.69 Å². The maximum Gasteiger partial charge on any atom is 0.229 e. The number of aliphatic hydroxyl groups excluding tert-OH is 1. The Bertz CT molecular complexity index is 710. The van der Waals surface area contributed by atoms with Crippen LogP contribution in [-0.4, -0.2) is 33.6 Å². The number of hydrogen-bond donors (Lipinski definition) is 1. The molecule has 1 aromatic heterocycles. The molecule has 0 spiro atoms. The summed E-state index contributed by atoms with van der Waals surface area (Å²) in [5.41, 5.74) is 1.15. The highest BCUT2D eigenvalue weighted by Crippen LogP contribution is 2.28. The second-order valence-corrected chi connectivity index (χ2v) is 5.09. The first-order chi connectivity index (χ1) is 10.0. The number of halogens is 2. The van der Waals surface area contributed by atoms with Crippen LogP contribution in [0, 0.1) is 5.82 Å². The number of β-amino-alcohol motifs (C(OH)–C–C–N with tert-alkyl or cyclic N) is 1. The van der Waals surface area contributed by atoms with E-state index in [4.69, 9.17) is 11.6 Å². The second-order valence-electron chi connectivity index (χ2n) is 4.75. The molecule has 1 atom stereocenters. The van der Waals surface area contributed by atoms with E-state index in [1.165, 1.54) is 4.90 Å². The van der Waals surface area contributed by atoms with Gasteiger partial charge in [-0.05, 0) is 23.7 Å². The molecule has 5 nitrogen and oxygen atoms in total. The Morgan fingerprint density at radius 2 is 2.24 bits per heavy atom. The molecular formula is C14H11ClFN3O2. The zero-order chi connectivity index (χ0) is 15.0. The lowest BCUT2D eigenvalue weighted by atomic mass is 10.1. The smallest absolute Gasteiger partial charge is 0.229 e. The number of carbonyl (C=O) groups is 1. The van der Waals surface area contributed by atoms with Crippen LogP contribution in [-0.2, 0) is 4.79 Å². The molecule has 0 saturated carbocycles. The van der Waals surface area contributed by atoms with Crippen molar-refractivity contribution < 1.29 is 14.3 Å². The third kappa shape index (κ3) is 2.72. The fourth-order valence-electron chi connectivity index (χ4n) is 2.31. The first kappa shape index (κ1) is 13.9. The van der Waals surface area contributed by atoms with Gasteiger partial charge < -0.3 is 10.0 Å². The van der Waals surface area contributed by atoms with Crippen molar-refractivity contribution in [3.05, 3.63) is 41.6 Å². The molecule has 1 amide bonds. The molecule has 21 heavy (non-hydrogen) atoms. The Morgan fingerprint density at radius 3 is 2.95 bits per heavy atom. The Kier molecular flexibility index (Phi) is 3.57. The van der Waals surface area contributed by atoms with E-state index in [1.807, 2.05) is 0 Å². The van der Waals surface area contributed by atoms with E-state index in [-0.39, 0.29) is 29.9 Å². The minimum absolute atomic E-state index is 0.0514. The molecule has 0 unspecified atom stereocenters. The second kappa shape index (κ2) is 5.38. The number of nitrogens with zero attached hydrogens (tertiary/aromatic N) is 3. The van der Waals surface area contributed by atoms with Crippen molar-refractivity contribution >= 4 is 23.2 Å². The van der Waals surface area contributed by atoms with Crippen LogP contribution in [0.2, 0.25) is 5.28 Å². The number of anilines is 1. The monoisotopic (exact) mass is 307 g/mol. The van der Waals surface area contributed by atoms with Gasteiger partial charge in [-0.25, -0.2) is 14.4 Å². The maximum absolute atomic E-state index is 13.8. The number of rotatable bonds is 2. The lowest BCUT2D eigenvalue weighted by molar-refractivity contribution is -0.117. The fourth-order valence-corrected chi connectivity index (χ4v) is 2.44. The van der Waals surface area contributed by atoms with Crippen molar-refractivity contribution in [1.29, 1.82) is 0 Å². The topological polar surface area (TPSA) is 66.3 Å². The molecule has 0 bridgehead atoms. The van der Waals surface area contributed by atoms with Crippen LogP contribution in [0.1, 0.15) is 6.42 Å². The van der Waals surface area contributed by atoms with E-state index in [0.717, 1.165) is 6.20 Å². The van der Waals surface area contributed by atoms with Crippen molar-refractivity contribution in [3.63, 3.8) is 0 Å². The van der Waals surface area contributed by atoms with Crippen molar-refractivity contribution in [1.82, 2.24) is 9.97 Å². The van der Waals surface area contributed by atoms with Gasteiger partial charge in [0.25, 0.3) is 0 Å². The Morgan fingerprint density at radius 1 is 1.43 bits per heavy atom. The summed E-state index contributed by atoms with van der Waals surface area (Å²) in [6.45, 7) is 0.231. The Hall–Kier alpha value is -2.05. The van der Waals surface area contributed by atoms with Crippen LogP contribution in [0.3, 0.4) is 0 Å². The van der Waals surface area contributed by atoms with Gasteiger partial charge in [0.05, 0.1) is 25.3 Å². The van der Waals surface area contributed by atoms with Gasteiger partial charge in [0.2, 0.25) is 11.2 Å². The predicted octanol–water partition coefficient (Wildman–Crippen LogP) is 2.03. The standard InChI is InChI=1S/C14H11ClFN3O2/c15-14-17-6-11(16)13(18-14)8-2-1-3-9(4-8)19-7-10(20)5-12(19)21/h1-4,6,10,20H,5,7H2/t10-/m0/s1. The van der Waals surface area contributed by atoms with Crippen LogP contribution < -0.4 is 4.90 Å². The maximum atomic E-state index is 13.8. The SMILES string of the molecule is O=C1C[C@H](O)CN1c1cccc(-c2nc(Cl)ncc2F)c1. The van der Waals surface area contributed by atoms with Crippen LogP contribution in [0.5, 0.6) is 0 Å². The third-order valence-electron chi connectivity index (χ3n) is 3.25. The Labute approximate surface area is 125 Å². The summed E-state index contributed by atoms with van der Waals surface area (Å²) in [5, 5.41) is 9.49. The largest absolute Gasteiger partial charge is 0.391 e. The molecule has 0 aliphatic carbocycles. The van der Waals surface area contributed by atoms with E-state index in [1.54, 1.807) is 24.3 Å². The van der Waals surface area contributed by atoms with Crippen LogP contribution in [0.4, 0.5) is 10.1 Å². The molecule has 7 heteroatoms. The minimum atomic E-state index is -0.675. The summed E-state index contributed by atoms with van der Waals surface area (Å²) in [5.74, 6) is -0.759. The fraction of sp³-hybridized carbons (Fsp3) is 0.214. The van der Waals surface area contributed by atoms with E-state index < -0.39 is 11.9 Å². The molecule has 1 aromatic carbocycles. The zero-order valence-electron chi connectivity index (χ0n) is 10.8. The highest BCUT2D eigenvalue weighted by Gasteiger charge is 2.29. The van der Waals surface area contributed by atoms with Crippen molar-refractivity contribution in [2.24, 2.45) is 0 Å². The zero-order valence-corrected chi connectivity index (χ0v) is 11.6. The van der Waals surface area contributed by atoms with E-state index in [0.29, 0.717) is 11.3 Å². The van der Waals surface area contributed by atoms with Crippen LogP contribution in [0.15, 0.2) is 30.5 Å². The first-order valence-electron chi connectivity index (χ1n) is 6.31. The lowest BCUT2D eigenvalue weighted by Gasteiger charge is -2.16. The normalized spacial score (nSPS) is 18.3. The predicted molar refractivity (Wildman–Crippen MR) is 75.4 cm³/mol.